The number of aromatic nitrogens is 3. The van der Waals surface area contributed by atoms with E-state index >= 15 is 0 Å². The van der Waals surface area contributed by atoms with E-state index in [0.717, 1.165) is 47.8 Å². The van der Waals surface area contributed by atoms with Gasteiger partial charge in [-0.05, 0) is 44.6 Å². The third-order valence-electron chi connectivity index (χ3n) is 5.82. The highest BCUT2D eigenvalue weighted by atomic mass is 16.5. The van der Waals surface area contributed by atoms with Crippen molar-refractivity contribution in [2.45, 2.75) is 38.3 Å². The minimum absolute atomic E-state index is 0.153. The van der Waals surface area contributed by atoms with Crippen LogP contribution in [0.2, 0.25) is 0 Å². The van der Waals surface area contributed by atoms with Gasteiger partial charge in [-0.25, -0.2) is 9.97 Å². The smallest absolute Gasteiger partial charge is 0.323 e. The molecule has 0 aliphatic carbocycles. The summed E-state index contributed by atoms with van der Waals surface area (Å²) >= 11 is 0. The maximum absolute atomic E-state index is 12.4. The Kier molecular flexibility index (Phi) is 7.31. The number of piperidine rings is 1. The van der Waals surface area contributed by atoms with Crippen molar-refractivity contribution in [3.05, 3.63) is 42.6 Å². The minimum atomic E-state index is -0.225. The van der Waals surface area contributed by atoms with E-state index in [0.29, 0.717) is 30.3 Å². The van der Waals surface area contributed by atoms with Gasteiger partial charge in [-0.15, -0.1) is 0 Å². The predicted octanol–water partition coefficient (Wildman–Crippen LogP) is 2.56. The van der Waals surface area contributed by atoms with Gasteiger partial charge in [0.15, 0.2) is 5.82 Å². The molecule has 4 rings (SSSR count). The number of likely N-dealkylation sites (tertiary alicyclic amines) is 1. The van der Waals surface area contributed by atoms with Gasteiger partial charge in [0.1, 0.15) is 18.4 Å². The molecule has 33 heavy (non-hydrogen) atoms. The average Bonchev–Trinajstić information content (AvgIpc) is 2.84. The van der Waals surface area contributed by atoms with Gasteiger partial charge < -0.3 is 20.3 Å². The van der Waals surface area contributed by atoms with Crippen LogP contribution < -0.4 is 10.5 Å². The Morgan fingerprint density at radius 3 is 2.76 bits per heavy atom. The van der Waals surface area contributed by atoms with Crippen LogP contribution in [0.3, 0.4) is 0 Å². The number of carbonyl (C=O) groups is 1. The van der Waals surface area contributed by atoms with Crippen molar-refractivity contribution >= 4 is 22.6 Å². The molecule has 0 saturated carbocycles. The van der Waals surface area contributed by atoms with Gasteiger partial charge in [0.25, 0.3) is 0 Å². The zero-order valence-electron chi connectivity index (χ0n) is 18.7. The van der Waals surface area contributed by atoms with Crippen molar-refractivity contribution in [2.75, 3.05) is 32.5 Å². The summed E-state index contributed by atoms with van der Waals surface area (Å²) in [6.07, 6.45) is 8.46. The second-order valence-corrected chi connectivity index (χ2v) is 8.19. The number of nitrogen functional groups attached to an aromatic ring is 1. The van der Waals surface area contributed by atoms with Gasteiger partial charge in [0.2, 0.25) is 0 Å². The quantitative estimate of drug-likeness (QED) is 0.393. The maximum atomic E-state index is 12.4. The molecule has 3 heterocycles. The molecule has 0 unspecified atom stereocenters. The third kappa shape index (κ3) is 5.37. The maximum Gasteiger partial charge on any atom is 0.323 e. The number of hydrogen-bond donors (Lipinski definition) is 2. The molecule has 1 aromatic carbocycles. The van der Waals surface area contributed by atoms with Gasteiger partial charge in [0, 0.05) is 35.3 Å². The molecule has 3 N–H and O–H groups in total. The first kappa shape index (κ1) is 22.9. The number of fused-ring (bicyclic) bond motifs is 1. The van der Waals surface area contributed by atoms with Crippen LogP contribution in [0.5, 0.6) is 5.75 Å². The highest BCUT2D eigenvalue weighted by molar-refractivity contribution is 5.94. The fourth-order valence-corrected chi connectivity index (χ4v) is 4.02. The average molecular weight is 452 g/mol. The van der Waals surface area contributed by atoms with Crippen molar-refractivity contribution in [2.24, 2.45) is 0 Å². The van der Waals surface area contributed by atoms with Crippen LogP contribution >= 0.6 is 0 Å². The molecule has 1 fully saturated rings. The number of carbonyl (C=O) groups excluding carboxylic acids is 1. The molecule has 1 aliphatic rings. The van der Waals surface area contributed by atoms with E-state index in [1.165, 1.54) is 0 Å². The number of benzene rings is 1. The predicted molar refractivity (Wildman–Crippen MR) is 124 cm³/mol. The Bertz CT molecular complexity index is 1110. The summed E-state index contributed by atoms with van der Waals surface area (Å²) in [5, 5.41) is 10.00. The summed E-state index contributed by atoms with van der Waals surface area (Å²) in [4.78, 5) is 27.2. The van der Waals surface area contributed by atoms with Gasteiger partial charge in [0.05, 0.1) is 30.6 Å². The number of pyridine rings is 1. The first-order valence-corrected chi connectivity index (χ1v) is 11.2. The Balaban J connectivity index is 1.46. The summed E-state index contributed by atoms with van der Waals surface area (Å²) in [7, 11) is 1.97. The van der Waals surface area contributed by atoms with Gasteiger partial charge >= 0.3 is 5.97 Å². The molecule has 1 atom stereocenters. The first-order valence-electron chi connectivity index (χ1n) is 11.2. The van der Waals surface area contributed by atoms with Crippen LogP contribution in [0.1, 0.15) is 31.5 Å². The summed E-state index contributed by atoms with van der Waals surface area (Å²) in [5.74, 6) is 0.797. The molecular formula is C24H29N5O4. The van der Waals surface area contributed by atoms with E-state index in [1.54, 1.807) is 18.6 Å². The lowest BCUT2D eigenvalue weighted by atomic mass is 10.0. The molecule has 9 nitrogen and oxygen atoms in total. The normalized spacial score (nSPS) is 16.6. The van der Waals surface area contributed by atoms with Crippen molar-refractivity contribution in [1.82, 2.24) is 19.9 Å². The Morgan fingerprint density at radius 2 is 2.00 bits per heavy atom. The first-order chi connectivity index (χ1) is 16.1. The Morgan fingerprint density at radius 1 is 1.18 bits per heavy atom. The van der Waals surface area contributed by atoms with Gasteiger partial charge in [-0.3, -0.25) is 14.7 Å². The number of anilines is 1. The standard InChI is InChI=1S/C24H29N5O4/c1-29-8-3-2-5-21(29)24(31)33-10-4-9-32-23-18(16-12-27-22(15-30)28-13-16)6-7-20-19(23)11-17(25)14-26-20/h6-7,11-14,21,30H,2-5,8-10,15,25H2,1H3/t21-/m0/s1. The number of nitrogens with two attached hydrogens (primary N) is 1. The SMILES string of the molecule is CN1CCCC[C@H]1C(=O)OCCCOc1c(-c2cnc(CO)nc2)ccc2ncc(N)cc12. The lowest BCUT2D eigenvalue weighted by Gasteiger charge is -2.30. The molecule has 2 aromatic heterocycles. The number of rotatable bonds is 8. The van der Waals surface area contributed by atoms with Crippen LogP contribution in [0.25, 0.3) is 22.0 Å². The lowest BCUT2D eigenvalue weighted by molar-refractivity contribution is -0.150. The number of nitrogens with zero attached hydrogens (tertiary/aromatic N) is 4. The Labute approximate surface area is 192 Å². The number of ether oxygens (including phenoxy) is 2. The molecule has 1 aliphatic heterocycles. The highest BCUT2D eigenvalue weighted by Crippen LogP contribution is 2.36. The summed E-state index contributed by atoms with van der Waals surface area (Å²) in [6.45, 7) is 1.34. The molecule has 3 aromatic rings. The zero-order chi connectivity index (χ0) is 23.2. The van der Waals surface area contributed by atoms with E-state index in [2.05, 4.69) is 19.9 Å². The number of hydrogen-bond acceptors (Lipinski definition) is 9. The lowest BCUT2D eigenvalue weighted by Crippen LogP contribution is -2.43. The van der Waals surface area contributed by atoms with Crippen molar-refractivity contribution < 1.29 is 19.4 Å². The third-order valence-corrected chi connectivity index (χ3v) is 5.82. The van der Waals surface area contributed by atoms with E-state index < -0.39 is 0 Å². The van der Waals surface area contributed by atoms with Crippen LogP contribution in [-0.2, 0) is 16.1 Å². The molecule has 9 heteroatoms. The Hall–Kier alpha value is -3.30. The van der Waals surface area contributed by atoms with Crippen LogP contribution in [0.4, 0.5) is 5.69 Å². The molecule has 0 radical (unpaired) electrons. The fraction of sp³-hybridized carbons (Fsp3) is 0.417. The monoisotopic (exact) mass is 451 g/mol. The number of esters is 1. The van der Waals surface area contributed by atoms with Crippen molar-refractivity contribution in [3.63, 3.8) is 0 Å². The van der Waals surface area contributed by atoms with Crippen LogP contribution in [-0.4, -0.2) is 63.8 Å². The second-order valence-electron chi connectivity index (χ2n) is 8.19. The molecular weight excluding hydrogens is 422 g/mol. The summed E-state index contributed by atoms with van der Waals surface area (Å²) < 4.78 is 11.7. The van der Waals surface area contributed by atoms with Gasteiger partial charge in [-0.1, -0.05) is 6.42 Å². The van der Waals surface area contributed by atoms with Crippen LogP contribution in [0, 0.1) is 0 Å². The largest absolute Gasteiger partial charge is 0.492 e. The number of likely N-dealkylation sites (N-methyl/N-ethyl adjacent to an activating group) is 1. The molecule has 0 spiro atoms. The molecule has 174 valence electrons. The van der Waals surface area contributed by atoms with Crippen LogP contribution in [0.15, 0.2) is 36.8 Å². The van der Waals surface area contributed by atoms with E-state index in [1.807, 2.05) is 25.2 Å². The minimum Gasteiger partial charge on any atom is -0.492 e. The zero-order valence-corrected chi connectivity index (χ0v) is 18.7. The van der Waals surface area contributed by atoms with Crippen molar-refractivity contribution in [3.8, 4) is 16.9 Å². The van der Waals surface area contributed by atoms with E-state index in [9.17, 15) is 9.90 Å². The molecule has 1 saturated heterocycles. The van der Waals surface area contributed by atoms with E-state index in [4.69, 9.17) is 15.2 Å². The summed E-state index contributed by atoms with van der Waals surface area (Å²) in [5.41, 5.74) is 8.80. The number of aliphatic hydroxyl groups is 1. The topological polar surface area (TPSA) is 124 Å². The molecule has 0 amide bonds. The highest BCUT2D eigenvalue weighted by Gasteiger charge is 2.27. The fourth-order valence-electron chi connectivity index (χ4n) is 4.02. The number of aliphatic hydroxyl groups excluding tert-OH is 1. The molecule has 0 bridgehead atoms. The van der Waals surface area contributed by atoms with E-state index in [-0.39, 0.29) is 25.2 Å². The summed E-state index contributed by atoms with van der Waals surface area (Å²) in [6, 6.07) is 5.46. The van der Waals surface area contributed by atoms with Gasteiger partial charge in [-0.2, -0.15) is 0 Å². The van der Waals surface area contributed by atoms with Crippen molar-refractivity contribution in [1.29, 1.82) is 0 Å². The second kappa shape index (κ2) is 10.5.